The van der Waals surface area contributed by atoms with Gasteiger partial charge in [0.25, 0.3) is 0 Å². The third-order valence-corrected chi connectivity index (χ3v) is 9.25. The molecule has 0 aliphatic rings. The fourth-order valence-electron chi connectivity index (χ4n) is 5.76. The Morgan fingerprint density at radius 2 is 0.909 bits per heavy atom. The molecular formula is C40H27N3S. The predicted octanol–water partition coefficient (Wildman–Crippen LogP) is 10.9. The van der Waals surface area contributed by atoms with E-state index >= 15 is 0 Å². The van der Waals surface area contributed by atoms with Gasteiger partial charge in [0.1, 0.15) is 0 Å². The molecule has 0 atom stereocenters. The van der Waals surface area contributed by atoms with E-state index in [9.17, 15) is 0 Å². The summed E-state index contributed by atoms with van der Waals surface area (Å²) in [6.07, 6.45) is 0. The van der Waals surface area contributed by atoms with Crippen LogP contribution in [0.5, 0.6) is 0 Å². The number of benzene rings is 6. The highest BCUT2D eigenvalue weighted by Gasteiger charge is 2.14. The minimum Gasteiger partial charge on any atom is -0.208 e. The molecule has 208 valence electrons. The lowest BCUT2D eigenvalue weighted by atomic mass is 9.95. The number of rotatable bonds is 5. The number of aromatic nitrogens is 3. The van der Waals surface area contributed by atoms with Gasteiger partial charge in [-0.15, -0.1) is 11.3 Å². The van der Waals surface area contributed by atoms with Gasteiger partial charge in [0.2, 0.25) is 0 Å². The Kier molecular flexibility index (Phi) is 6.55. The quantitative estimate of drug-likeness (QED) is 0.203. The van der Waals surface area contributed by atoms with E-state index in [0.29, 0.717) is 17.5 Å². The maximum Gasteiger partial charge on any atom is 0.164 e. The summed E-state index contributed by atoms with van der Waals surface area (Å²) in [5.74, 6) is 1.99. The lowest BCUT2D eigenvalue weighted by molar-refractivity contribution is 1.07. The van der Waals surface area contributed by atoms with Crippen molar-refractivity contribution >= 4 is 31.5 Å². The molecule has 2 heterocycles. The van der Waals surface area contributed by atoms with Crippen LogP contribution in [0.25, 0.3) is 76.6 Å². The molecule has 3 nitrogen and oxygen atoms in total. The van der Waals surface area contributed by atoms with Crippen LogP contribution in [0, 0.1) is 6.92 Å². The minimum atomic E-state index is 0.659. The largest absolute Gasteiger partial charge is 0.208 e. The van der Waals surface area contributed by atoms with Gasteiger partial charge in [0, 0.05) is 36.9 Å². The molecule has 8 rings (SSSR count). The maximum atomic E-state index is 4.94. The molecule has 0 fully saturated rings. The van der Waals surface area contributed by atoms with Gasteiger partial charge in [-0.2, -0.15) is 0 Å². The summed E-state index contributed by atoms with van der Waals surface area (Å²) in [7, 11) is 0. The number of thiophene rings is 1. The SMILES string of the molecule is Cc1ccc(-c2nc(-c3ccccc3)nc(-c3ccccc3)n2)cc1-c1ccc(-c2ccc3sc4ccccc4c3c2)cc1. The standard InChI is InChI=1S/C40H27N3S/c1-26-16-17-32(40-42-38(29-10-4-2-5-11-29)41-39(43-40)30-12-6-3-7-13-30)25-34(26)28-20-18-27(19-21-28)31-22-23-37-35(24-31)33-14-8-9-15-36(33)44-37/h2-25H,1H3. The summed E-state index contributed by atoms with van der Waals surface area (Å²) in [5.41, 5.74) is 8.85. The number of hydrogen-bond acceptors (Lipinski definition) is 4. The first-order valence-electron chi connectivity index (χ1n) is 14.7. The molecule has 0 spiro atoms. The summed E-state index contributed by atoms with van der Waals surface area (Å²) in [6, 6.07) is 51.0. The third-order valence-electron chi connectivity index (χ3n) is 8.10. The average molecular weight is 582 g/mol. The zero-order valence-corrected chi connectivity index (χ0v) is 24.9. The van der Waals surface area contributed by atoms with Gasteiger partial charge in [-0.25, -0.2) is 15.0 Å². The van der Waals surface area contributed by atoms with Crippen LogP contribution in [0.15, 0.2) is 146 Å². The second-order valence-electron chi connectivity index (χ2n) is 11.0. The van der Waals surface area contributed by atoms with E-state index in [0.717, 1.165) is 27.8 Å². The van der Waals surface area contributed by atoms with Crippen LogP contribution < -0.4 is 0 Å². The van der Waals surface area contributed by atoms with Gasteiger partial charge in [-0.1, -0.05) is 121 Å². The maximum absolute atomic E-state index is 4.94. The molecule has 0 aliphatic carbocycles. The van der Waals surface area contributed by atoms with Crippen molar-refractivity contribution in [1.82, 2.24) is 15.0 Å². The smallest absolute Gasteiger partial charge is 0.164 e. The van der Waals surface area contributed by atoms with Gasteiger partial charge < -0.3 is 0 Å². The highest BCUT2D eigenvalue weighted by molar-refractivity contribution is 7.25. The molecule has 0 radical (unpaired) electrons. The summed E-state index contributed by atoms with van der Waals surface area (Å²) in [4.78, 5) is 14.7. The summed E-state index contributed by atoms with van der Waals surface area (Å²) in [6.45, 7) is 2.15. The molecule has 8 aromatic rings. The second kappa shape index (κ2) is 11.0. The molecule has 0 N–H and O–H groups in total. The van der Waals surface area contributed by atoms with E-state index in [2.05, 4.69) is 91.9 Å². The molecule has 0 unspecified atom stereocenters. The van der Waals surface area contributed by atoms with Gasteiger partial charge in [-0.3, -0.25) is 0 Å². The molecular weight excluding hydrogens is 555 g/mol. The lowest BCUT2D eigenvalue weighted by Gasteiger charge is -2.12. The van der Waals surface area contributed by atoms with Crippen molar-refractivity contribution in [1.29, 1.82) is 0 Å². The molecule has 0 aliphatic heterocycles. The second-order valence-corrected chi connectivity index (χ2v) is 12.0. The average Bonchev–Trinajstić information content (AvgIpc) is 3.47. The predicted molar refractivity (Wildman–Crippen MR) is 185 cm³/mol. The number of hydrogen-bond donors (Lipinski definition) is 0. The van der Waals surface area contributed by atoms with E-state index in [-0.39, 0.29) is 0 Å². The van der Waals surface area contributed by atoms with Gasteiger partial charge in [0.05, 0.1) is 0 Å². The van der Waals surface area contributed by atoms with Gasteiger partial charge >= 0.3 is 0 Å². The fourth-order valence-corrected chi connectivity index (χ4v) is 6.84. The molecule has 0 bridgehead atoms. The minimum absolute atomic E-state index is 0.659. The van der Waals surface area contributed by atoms with E-state index < -0.39 is 0 Å². The molecule has 0 saturated heterocycles. The van der Waals surface area contributed by atoms with E-state index in [4.69, 9.17) is 15.0 Å². The van der Waals surface area contributed by atoms with Crippen molar-refractivity contribution in [3.63, 3.8) is 0 Å². The number of aryl methyl sites for hydroxylation is 1. The van der Waals surface area contributed by atoms with Crippen molar-refractivity contribution in [2.75, 3.05) is 0 Å². The Balaban J connectivity index is 1.18. The van der Waals surface area contributed by atoms with Crippen molar-refractivity contribution < 1.29 is 0 Å². The Morgan fingerprint density at radius 1 is 0.386 bits per heavy atom. The van der Waals surface area contributed by atoms with E-state index in [1.54, 1.807) is 0 Å². The van der Waals surface area contributed by atoms with Crippen LogP contribution in [0.3, 0.4) is 0 Å². The van der Waals surface area contributed by atoms with Gasteiger partial charge in [0.15, 0.2) is 17.5 Å². The molecule has 0 amide bonds. The summed E-state index contributed by atoms with van der Waals surface area (Å²) in [5, 5.41) is 2.64. The molecule has 44 heavy (non-hydrogen) atoms. The fraction of sp³-hybridized carbons (Fsp3) is 0.0250. The van der Waals surface area contributed by atoms with E-state index in [1.165, 1.54) is 36.9 Å². The first-order chi connectivity index (χ1) is 21.7. The van der Waals surface area contributed by atoms with Crippen LogP contribution in [0.2, 0.25) is 0 Å². The highest BCUT2D eigenvalue weighted by Crippen LogP contribution is 2.37. The Hall–Kier alpha value is -5.45. The van der Waals surface area contributed by atoms with Crippen molar-refractivity contribution in [3.8, 4) is 56.4 Å². The van der Waals surface area contributed by atoms with Crippen molar-refractivity contribution in [3.05, 3.63) is 151 Å². The zero-order chi connectivity index (χ0) is 29.5. The lowest BCUT2D eigenvalue weighted by Crippen LogP contribution is -2.00. The molecule has 4 heteroatoms. The summed E-state index contributed by atoms with van der Waals surface area (Å²) >= 11 is 1.85. The Morgan fingerprint density at radius 3 is 1.59 bits per heavy atom. The van der Waals surface area contributed by atoms with Crippen molar-refractivity contribution in [2.45, 2.75) is 6.92 Å². The van der Waals surface area contributed by atoms with Crippen molar-refractivity contribution in [2.24, 2.45) is 0 Å². The monoisotopic (exact) mass is 581 g/mol. The van der Waals surface area contributed by atoms with Crippen LogP contribution >= 0.6 is 11.3 Å². The first kappa shape index (κ1) is 26.2. The number of fused-ring (bicyclic) bond motifs is 3. The van der Waals surface area contributed by atoms with Crippen LogP contribution in [0.4, 0.5) is 0 Å². The van der Waals surface area contributed by atoms with Crippen LogP contribution in [-0.4, -0.2) is 15.0 Å². The first-order valence-corrected chi connectivity index (χ1v) is 15.5. The Bertz CT molecular complexity index is 2210. The highest BCUT2D eigenvalue weighted by atomic mass is 32.1. The zero-order valence-electron chi connectivity index (χ0n) is 24.1. The van der Waals surface area contributed by atoms with Gasteiger partial charge in [-0.05, 0) is 59.0 Å². The van der Waals surface area contributed by atoms with E-state index in [1.807, 2.05) is 72.0 Å². The molecule has 0 saturated carbocycles. The Labute approximate surface area is 260 Å². The number of nitrogens with zero attached hydrogens (tertiary/aromatic N) is 3. The summed E-state index contributed by atoms with van der Waals surface area (Å²) < 4.78 is 2.65. The molecule has 2 aromatic heterocycles. The molecule has 6 aromatic carbocycles. The van der Waals surface area contributed by atoms with Crippen LogP contribution in [-0.2, 0) is 0 Å². The third kappa shape index (κ3) is 4.85. The topological polar surface area (TPSA) is 38.7 Å². The normalized spacial score (nSPS) is 11.3. The van der Waals surface area contributed by atoms with Crippen LogP contribution in [0.1, 0.15) is 5.56 Å².